The van der Waals surface area contributed by atoms with E-state index >= 15 is 0 Å². The summed E-state index contributed by atoms with van der Waals surface area (Å²) >= 11 is 5.85. The molecule has 0 unspecified atom stereocenters. The summed E-state index contributed by atoms with van der Waals surface area (Å²) in [6, 6.07) is 15.5. The lowest BCUT2D eigenvalue weighted by atomic mass is 9.93. The molecule has 2 aliphatic rings. The van der Waals surface area contributed by atoms with Crippen molar-refractivity contribution in [1.82, 2.24) is 19.4 Å². The Kier molecular flexibility index (Phi) is 8.69. The number of carboxylic acid groups (broad SMARTS) is 1. The molecule has 10 heteroatoms. The molecule has 0 aliphatic carbocycles. The number of rotatable bonds is 9. The van der Waals surface area contributed by atoms with Crippen LogP contribution in [-0.4, -0.2) is 56.8 Å². The van der Waals surface area contributed by atoms with E-state index in [1.54, 1.807) is 30.3 Å². The van der Waals surface area contributed by atoms with Gasteiger partial charge in [0.05, 0.1) is 23.1 Å². The van der Waals surface area contributed by atoms with Gasteiger partial charge in [-0.25, -0.2) is 19.2 Å². The van der Waals surface area contributed by atoms with E-state index < -0.39 is 11.8 Å². The van der Waals surface area contributed by atoms with E-state index in [9.17, 15) is 14.3 Å². The number of nitrogens with zero attached hydrogens (tertiary/aromatic N) is 4. The number of aromatic carboxylic acids is 1. The summed E-state index contributed by atoms with van der Waals surface area (Å²) in [6.45, 7) is 4.92. The molecule has 1 N–H and O–H groups in total. The number of halogens is 2. The molecule has 6 rings (SSSR count). The number of carbonyl (C=O) groups is 1. The first-order valence-electron chi connectivity index (χ1n) is 14.5. The molecule has 2 aliphatic heterocycles. The summed E-state index contributed by atoms with van der Waals surface area (Å²) < 4.78 is 27.7. The SMILES string of the molecule is O=C(O)c1ccc2nc(CN3CCC(c4cccc(OCc5ccc(Cl)cc5F)n4)CC3)n(CC3CCOCC3)c2c1. The summed E-state index contributed by atoms with van der Waals surface area (Å²) in [5, 5.41) is 9.93. The number of hydrogen-bond acceptors (Lipinski definition) is 6. The maximum Gasteiger partial charge on any atom is 0.335 e. The first-order valence-corrected chi connectivity index (χ1v) is 14.9. The van der Waals surface area contributed by atoms with Gasteiger partial charge in [-0.05, 0) is 81.1 Å². The predicted octanol–water partition coefficient (Wildman–Crippen LogP) is 6.31. The zero-order valence-corrected chi connectivity index (χ0v) is 24.1. The fourth-order valence-electron chi connectivity index (χ4n) is 5.93. The minimum atomic E-state index is -0.931. The van der Waals surface area contributed by atoms with E-state index in [4.69, 9.17) is 31.0 Å². The van der Waals surface area contributed by atoms with Gasteiger partial charge < -0.3 is 19.1 Å². The Labute approximate surface area is 249 Å². The molecular weight excluding hydrogens is 559 g/mol. The molecule has 0 radical (unpaired) electrons. The number of benzene rings is 2. The first kappa shape index (κ1) is 28.6. The van der Waals surface area contributed by atoms with Crippen LogP contribution in [0.5, 0.6) is 5.88 Å². The van der Waals surface area contributed by atoms with E-state index in [0.717, 1.165) is 81.1 Å². The molecule has 0 spiro atoms. The van der Waals surface area contributed by atoms with Gasteiger partial charge in [-0.2, -0.15) is 0 Å². The molecule has 0 atom stereocenters. The highest BCUT2D eigenvalue weighted by Gasteiger charge is 2.25. The Morgan fingerprint density at radius 3 is 2.62 bits per heavy atom. The summed E-state index contributed by atoms with van der Waals surface area (Å²) in [7, 11) is 0. The standard InChI is InChI=1S/C32H34ClFN4O4/c33-25-6-4-24(26(34)17-25)20-42-31-3-1-2-27(36-31)22-8-12-37(13-9-22)19-30-35-28-7-5-23(32(39)40)16-29(28)38(30)18-21-10-14-41-15-11-21/h1-7,16-17,21-22H,8-15,18-20H2,(H,39,40). The molecule has 0 saturated carbocycles. The van der Waals surface area contributed by atoms with Crippen LogP contribution in [0.1, 0.15) is 59.0 Å². The van der Waals surface area contributed by atoms with Crippen molar-refractivity contribution in [2.24, 2.45) is 5.92 Å². The third-order valence-electron chi connectivity index (χ3n) is 8.36. The van der Waals surface area contributed by atoms with Crippen molar-refractivity contribution < 1.29 is 23.8 Å². The molecule has 4 heterocycles. The predicted molar refractivity (Wildman–Crippen MR) is 157 cm³/mol. The maximum absolute atomic E-state index is 14.1. The molecule has 2 saturated heterocycles. The van der Waals surface area contributed by atoms with Crippen LogP contribution in [0.3, 0.4) is 0 Å². The van der Waals surface area contributed by atoms with Gasteiger partial charge in [0.2, 0.25) is 5.88 Å². The van der Waals surface area contributed by atoms with Crippen LogP contribution in [0.2, 0.25) is 5.02 Å². The minimum Gasteiger partial charge on any atom is -0.478 e. The number of hydrogen-bond donors (Lipinski definition) is 1. The second-order valence-corrected chi connectivity index (χ2v) is 11.6. The second kappa shape index (κ2) is 12.8. The van der Waals surface area contributed by atoms with Crippen LogP contribution < -0.4 is 4.74 Å². The number of piperidine rings is 1. The fraction of sp³-hybridized carbons (Fsp3) is 0.406. The Hall–Kier alpha value is -3.53. The Bertz CT molecular complexity index is 1560. The first-order chi connectivity index (χ1) is 20.4. The lowest BCUT2D eigenvalue weighted by molar-refractivity contribution is 0.0610. The van der Waals surface area contributed by atoms with E-state index in [-0.39, 0.29) is 12.2 Å². The Balaban J connectivity index is 1.12. The molecule has 2 aromatic carbocycles. The molecule has 220 valence electrons. The number of pyridine rings is 1. The zero-order chi connectivity index (χ0) is 29.1. The lowest BCUT2D eigenvalue weighted by Crippen LogP contribution is -2.34. The average Bonchev–Trinajstić information content (AvgIpc) is 3.33. The maximum atomic E-state index is 14.1. The van der Waals surface area contributed by atoms with Crippen LogP contribution in [0, 0.1) is 11.7 Å². The second-order valence-electron chi connectivity index (χ2n) is 11.2. The van der Waals surface area contributed by atoms with E-state index in [2.05, 4.69) is 9.47 Å². The van der Waals surface area contributed by atoms with Gasteiger partial charge in [-0.3, -0.25) is 4.90 Å². The smallest absolute Gasteiger partial charge is 0.335 e. The number of carboxylic acids is 1. The fourth-order valence-corrected chi connectivity index (χ4v) is 6.09. The number of fused-ring (bicyclic) bond motifs is 1. The van der Waals surface area contributed by atoms with Gasteiger partial charge in [0.15, 0.2) is 0 Å². The third kappa shape index (κ3) is 6.59. The van der Waals surface area contributed by atoms with Crippen LogP contribution in [0.15, 0.2) is 54.6 Å². The van der Waals surface area contributed by atoms with Crippen molar-refractivity contribution in [2.75, 3.05) is 26.3 Å². The normalized spacial score (nSPS) is 17.1. The molecule has 0 amide bonds. The topological polar surface area (TPSA) is 89.7 Å². The van der Waals surface area contributed by atoms with Crippen molar-refractivity contribution in [3.63, 3.8) is 0 Å². The van der Waals surface area contributed by atoms with Crippen molar-refractivity contribution in [1.29, 1.82) is 0 Å². The summed E-state index contributed by atoms with van der Waals surface area (Å²) in [6.07, 6.45) is 3.89. The van der Waals surface area contributed by atoms with E-state index in [1.165, 1.54) is 6.07 Å². The van der Waals surface area contributed by atoms with Crippen LogP contribution >= 0.6 is 11.6 Å². The van der Waals surface area contributed by atoms with Crippen LogP contribution in [-0.2, 0) is 24.4 Å². The molecule has 2 fully saturated rings. The average molecular weight is 593 g/mol. The van der Waals surface area contributed by atoms with Crippen LogP contribution in [0.25, 0.3) is 11.0 Å². The van der Waals surface area contributed by atoms with Crippen molar-refractivity contribution in [3.05, 3.63) is 88.1 Å². The summed E-state index contributed by atoms with van der Waals surface area (Å²) in [5.74, 6) is 0.906. The van der Waals surface area contributed by atoms with Gasteiger partial charge in [0.25, 0.3) is 0 Å². The van der Waals surface area contributed by atoms with Gasteiger partial charge in [0, 0.05) is 48.0 Å². The lowest BCUT2D eigenvalue weighted by Gasteiger charge is -2.32. The van der Waals surface area contributed by atoms with E-state index in [1.807, 2.05) is 18.2 Å². The highest BCUT2D eigenvalue weighted by atomic mass is 35.5. The largest absolute Gasteiger partial charge is 0.478 e. The molecule has 0 bridgehead atoms. The monoisotopic (exact) mass is 592 g/mol. The third-order valence-corrected chi connectivity index (χ3v) is 8.60. The summed E-state index contributed by atoms with van der Waals surface area (Å²) in [5.41, 5.74) is 3.40. The van der Waals surface area contributed by atoms with E-state index in [0.29, 0.717) is 34.8 Å². The Morgan fingerprint density at radius 2 is 1.86 bits per heavy atom. The number of ether oxygens (including phenoxy) is 2. The number of likely N-dealkylation sites (tertiary alicyclic amines) is 1. The molecule has 2 aromatic heterocycles. The molecule has 4 aromatic rings. The van der Waals surface area contributed by atoms with Crippen molar-refractivity contribution in [3.8, 4) is 5.88 Å². The van der Waals surface area contributed by atoms with Crippen molar-refractivity contribution >= 4 is 28.6 Å². The molecular formula is C32H34ClFN4O4. The zero-order valence-electron chi connectivity index (χ0n) is 23.3. The molecule has 42 heavy (non-hydrogen) atoms. The van der Waals surface area contributed by atoms with Gasteiger partial charge >= 0.3 is 5.97 Å². The highest BCUT2D eigenvalue weighted by molar-refractivity contribution is 6.30. The van der Waals surface area contributed by atoms with Crippen LogP contribution in [0.4, 0.5) is 4.39 Å². The van der Waals surface area contributed by atoms with Gasteiger partial charge in [-0.1, -0.05) is 23.7 Å². The number of imidazole rings is 1. The minimum absolute atomic E-state index is 0.0841. The molecule has 8 nitrogen and oxygen atoms in total. The quantitative estimate of drug-likeness (QED) is 0.244. The van der Waals surface area contributed by atoms with Gasteiger partial charge in [-0.15, -0.1) is 0 Å². The van der Waals surface area contributed by atoms with Crippen molar-refractivity contribution in [2.45, 2.75) is 51.3 Å². The number of aromatic nitrogens is 3. The highest BCUT2D eigenvalue weighted by Crippen LogP contribution is 2.30. The summed E-state index contributed by atoms with van der Waals surface area (Å²) in [4.78, 5) is 23.8. The van der Waals surface area contributed by atoms with Gasteiger partial charge in [0.1, 0.15) is 18.2 Å². The Morgan fingerprint density at radius 1 is 1.05 bits per heavy atom.